The van der Waals surface area contributed by atoms with Crippen molar-refractivity contribution in [3.05, 3.63) is 27.1 Å². The summed E-state index contributed by atoms with van der Waals surface area (Å²) in [7, 11) is 0. The summed E-state index contributed by atoms with van der Waals surface area (Å²) >= 11 is 0.626. The quantitative estimate of drug-likeness (QED) is 0.651. The molecule has 1 aromatic heterocycles. The average Bonchev–Trinajstić information content (AvgIpc) is 2.50. The molecule has 0 saturated heterocycles. The lowest BCUT2D eigenvalue weighted by Crippen LogP contribution is -2.30. The number of hydrogen-bond acceptors (Lipinski definition) is 4. The van der Waals surface area contributed by atoms with E-state index in [2.05, 4.69) is 0 Å². The first kappa shape index (κ1) is 11.9. The third-order valence-electron chi connectivity index (χ3n) is 1.60. The Morgan fingerprint density at radius 2 is 2.13 bits per heavy atom. The molecular formula is C7H6F3NO3S. The first-order valence-corrected chi connectivity index (χ1v) is 4.60. The largest absolute Gasteiger partial charge is 0.414 e. The van der Waals surface area contributed by atoms with E-state index in [4.69, 9.17) is 5.11 Å². The highest BCUT2D eigenvalue weighted by atomic mass is 32.1. The Balaban J connectivity index is 2.69. The van der Waals surface area contributed by atoms with Crippen LogP contribution in [-0.2, 0) is 6.42 Å². The molecule has 0 saturated carbocycles. The van der Waals surface area contributed by atoms with Crippen LogP contribution in [-0.4, -0.2) is 22.3 Å². The Morgan fingerprint density at radius 3 is 2.53 bits per heavy atom. The van der Waals surface area contributed by atoms with Crippen LogP contribution in [0.25, 0.3) is 0 Å². The molecule has 8 heteroatoms. The van der Waals surface area contributed by atoms with Gasteiger partial charge in [0.25, 0.3) is 0 Å². The summed E-state index contributed by atoms with van der Waals surface area (Å²) in [4.78, 5) is 9.67. The monoisotopic (exact) mass is 241 g/mol. The molecule has 15 heavy (non-hydrogen) atoms. The molecule has 1 heterocycles. The van der Waals surface area contributed by atoms with Gasteiger partial charge in [0.05, 0.1) is 4.92 Å². The Morgan fingerprint density at radius 1 is 1.53 bits per heavy atom. The van der Waals surface area contributed by atoms with Crippen LogP contribution in [0.5, 0.6) is 0 Å². The zero-order valence-electron chi connectivity index (χ0n) is 7.19. The van der Waals surface area contributed by atoms with Crippen molar-refractivity contribution in [2.45, 2.75) is 18.7 Å². The fraction of sp³-hybridized carbons (Fsp3) is 0.429. The van der Waals surface area contributed by atoms with Gasteiger partial charge in [-0.3, -0.25) is 10.1 Å². The van der Waals surface area contributed by atoms with Crippen molar-refractivity contribution in [2.24, 2.45) is 0 Å². The maximum Gasteiger partial charge on any atom is 0.414 e. The van der Waals surface area contributed by atoms with Gasteiger partial charge in [-0.15, -0.1) is 0 Å². The number of aliphatic hydroxyl groups is 1. The van der Waals surface area contributed by atoms with Gasteiger partial charge >= 0.3 is 11.2 Å². The minimum absolute atomic E-state index is 0.131. The topological polar surface area (TPSA) is 63.4 Å². The Hall–Kier alpha value is -1.15. The van der Waals surface area contributed by atoms with Gasteiger partial charge in [0.2, 0.25) is 0 Å². The number of rotatable bonds is 3. The van der Waals surface area contributed by atoms with E-state index in [-0.39, 0.29) is 9.88 Å². The maximum absolute atomic E-state index is 11.9. The Labute approximate surface area is 86.1 Å². The van der Waals surface area contributed by atoms with Gasteiger partial charge in [-0.1, -0.05) is 11.3 Å². The third kappa shape index (κ3) is 3.17. The van der Waals surface area contributed by atoms with E-state index in [1.807, 2.05) is 0 Å². The second-order valence-electron chi connectivity index (χ2n) is 2.76. The molecule has 1 N–H and O–H groups in total. The van der Waals surface area contributed by atoms with Crippen molar-refractivity contribution in [3.63, 3.8) is 0 Å². The highest BCUT2D eigenvalue weighted by Gasteiger charge is 2.38. The molecule has 84 valence electrons. The van der Waals surface area contributed by atoms with Gasteiger partial charge in [0.15, 0.2) is 6.10 Å². The van der Waals surface area contributed by atoms with E-state index in [9.17, 15) is 23.3 Å². The maximum atomic E-state index is 11.9. The predicted molar refractivity (Wildman–Crippen MR) is 46.7 cm³/mol. The van der Waals surface area contributed by atoms with E-state index in [1.54, 1.807) is 0 Å². The smallest absolute Gasteiger partial charge is 0.383 e. The highest BCUT2D eigenvalue weighted by Crippen LogP contribution is 2.28. The summed E-state index contributed by atoms with van der Waals surface area (Å²) in [6.07, 6.45) is -7.82. The molecule has 0 fully saturated rings. The van der Waals surface area contributed by atoms with Crippen molar-refractivity contribution >= 4 is 16.3 Å². The van der Waals surface area contributed by atoms with Crippen LogP contribution in [0.2, 0.25) is 0 Å². The summed E-state index contributed by atoms with van der Waals surface area (Å²) in [6, 6.07) is 2.32. The van der Waals surface area contributed by atoms with E-state index >= 15 is 0 Å². The fourth-order valence-corrected chi connectivity index (χ4v) is 1.74. The SMILES string of the molecule is O=[N+]([O-])c1ccc(CC(O)C(F)(F)F)s1. The van der Waals surface area contributed by atoms with Crippen LogP contribution in [0, 0.1) is 10.1 Å². The van der Waals surface area contributed by atoms with Gasteiger partial charge in [-0.2, -0.15) is 13.2 Å². The van der Waals surface area contributed by atoms with Crippen LogP contribution < -0.4 is 0 Å². The average molecular weight is 241 g/mol. The van der Waals surface area contributed by atoms with Crippen LogP contribution in [0.1, 0.15) is 4.88 Å². The molecule has 1 atom stereocenters. The Kier molecular flexibility index (Phi) is 3.30. The van der Waals surface area contributed by atoms with Gasteiger partial charge in [0, 0.05) is 17.4 Å². The molecule has 4 nitrogen and oxygen atoms in total. The lowest BCUT2D eigenvalue weighted by atomic mass is 10.2. The molecule has 0 aliphatic rings. The molecule has 1 aromatic rings. The molecule has 0 aromatic carbocycles. The minimum atomic E-state index is -4.70. The van der Waals surface area contributed by atoms with Crippen LogP contribution in [0.3, 0.4) is 0 Å². The standard InChI is InChI=1S/C7H6F3NO3S/c8-7(9,10)5(12)3-4-1-2-6(15-4)11(13)14/h1-2,5,12H,3H2. The summed E-state index contributed by atoms with van der Waals surface area (Å²) in [5, 5.41) is 18.7. The van der Waals surface area contributed by atoms with Gasteiger partial charge in [-0.05, 0) is 6.07 Å². The minimum Gasteiger partial charge on any atom is -0.383 e. The van der Waals surface area contributed by atoms with E-state index in [0.29, 0.717) is 11.3 Å². The third-order valence-corrected chi connectivity index (χ3v) is 2.66. The van der Waals surface area contributed by atoms with E-state index in [0.717, 1.165) is 6.07 Å². The van der Waals surface area contributed by atoms with Gasteiger partial charge < -0.3 is 5.11 Å². The zero-order valence-corrected chi connectivity index (χ0v) is 8.01. The molecule has 0 bridgehead atoms. The zero-order chi connectivity index (χ0) is 11.6. The molecule has 0 spiro atoms. The van der Waals surface area contributed by atoms with Crippen molar-refractivity contribution in [1.29, 1.82) is 0 Å². The van der Waals surface area contributed by atoms with Crippen LogP contribution in [0.4, 0.5) is 18.2 Å². The number of alkyl halides is 3. The van der Waals surface area contributed by atoms with Gasteiger partial charge in [-0.25, -0.2) is 0 Å². The second kappa shape index (κ2) is 4.15. The molecule has 1 rings (SSSR count). The summed E-state index contributed by atoms with van der Waals surface area (Å²) in [5.41, 5.74) is 0. The molecule has 0 aliphatic heterocycles. The van der Waals surface area contributed by atoms with Crippen molar-refractivity contribution < 1.29 is 23.2 Å². The molecular weight excluding hydrogens is 235 g/mol. The lowest BCUT2D eigenvalue weighted by Gasteiger charge is -2.12. The molecule has 0 aliphatic carbocycles. The van der Waals surface area contributed by atoms with E-state index in [1.165, 1.54) is 6.07 Å². The Bertz CT molecular complexity index is 363. The highest BCUT2D eigenvalue weighted by molar-refractivity contribution is 7.15. The first-order chi connectivity index (χ1) is 6.80. The van der Waals surface area contributed by atoms with Gasteiger partial charge in [0.1, 0.15) is 0 Å². The van der Waals surface area contributed by atoms with Crippen molar-refractivity contribution in [2.75, 3.05) is 0 Å². The fourth-order valence-electron chi connectivity index (χ4n) is 0.881. The number of hydrogen-bond donors (Lipinski definition) is 1. The molecule has 0 radical (unpaired) electrons. The number of nitro groups is 1. The van der Waals surface area contributed by atoms with Crippen molar-refractivity contribution in [1.82, 2.24) is 0 Å². The number of thiophene rings is 1. The number of halogens is 3. The van der Waals surface area contributed by atoms with Crippen LogP contribution >= 0.6 is 11.3 Å². The van der Waals surface area contributed by atoms with Crippen molar-refractivity contribution in [3.8, 4) is 0 Å². The molecule has 1 unspecified atom stereocenters. The molecule has 0 amide bonds. The predicted octanol–water partition coefficient (Wildman–Crippen LogP) is 2.12. The van der Waals surface area contributed by atoms with Crippen LogP contribution in [0.15, 0.2) is 12.1 Å². The van der Waals surface area contributed by atoms with E-state index < -0.39 is 23.6 Å². The number of aliphatic hydroxyl groups excluding tert-OH is 1. The lowest BCUT2D eigenvalue weighted by molar-refractivity contribution is -0.380. The normalized spacial score (nSPS) is 13.9. The summed E-state index contributed by atoms with van der Waals surface area (Å²) in [6.45, 7) is 0. The summed E-state index contributed by atoms with van der Waals surface area (Å²) < 4.78 is 35.8. The number of nitrogens with zero attached hydrogens (tertiary/aromatic N) is 1. The second-order valence-corrected chi connectivity index (χ2v) is 3.91. The first-order valence-electron chi connectivity index (χ1n) is 3.78. The summed E-state index contributed by atoms with van der Waals surface area (Å²) in [5.74, 6) is 0.